The number of carbonyl (C=O) groups is 1. The Kier molecular flexibility index (Phi) is 6.34. The van der Waals surface area contributed by atoms with Crippen LogP contribution in [0.2, 0.25) is 0 Å². The number of rotatable bonds is 5. The lowest BCUT2D eigenvalue weighted by molar-refractivity contribution is -0.114. The molecular weight excluding hydrogens is 492 g/mol. The van der Waals surface area contributed by atoms with E-state index in [1.165, 1.54) is 29.4 Å². The lowest BCUT2D eigenvalue weighted by Crippen LogP contribution is -2.39. The number of aromatic nitrogens is 4. The summed E-state index contributed by atoms with van der Waals surface area (Å²) in [5, 5.41) is 8.54. The Morgan fingerprint density at radius 3 is 2.69 bits per heavy atom. The van der Waals surface area contributed by atoms with E-state index in [2.05, 4.69) is 39.5 Å². The highest BCUT2D eigenvalue weighted by Gasteiger charge is 2.30. The summed E-state index contributed by atoms with van der Waals surface area (Å²) in [5.74, 6) is 1.39. The summed E-state index contributed by atoms with van der Waals surface area (Å²) in [5.41, 5.74) is 7.34. The monoisotopic (exact) mass is 518 g/mol. The largest absolute Gasteiger partial charge is 0.616 e. The second kappa shape index (κ2) is 9.78. The molecule has 3 aromatic heterocycles. The van der Waals surface area contributed by atoms with Gasteiger partial charge in [-0.25, -0.2) is 9.67 Å². The molecule has 0 saturated carbocycles. The van der Waals surface area contributed by atoms with Crippen molar-refractivity contribution in [1.82, 2.24) is 24.6 Å². The Hall–Kier alpha value is -3.05. The van der Waals surface area contributed by atoms with Gasteiger partial charge < -0.3 is 9.87 Å². The highest BCUT2D eigenvalue weighted by Crippen LogP contribution is 2.44. The number of hydrogen-bond donors (Lipinski definition) is 1. The fourth-order valence-corrected chi connectivity index (χ4v) is 7.07. The maximum atomic E-state index is 11.7. The van der Waals surface area contributed by atoms with Crippen molar-refractivity contribution in [2.45, 2.75) is 26.3 Å². The van der Waals surface area contributed by atoms with Crippen molar-refractivity contribution in [1.29, 1.82) is 0 Å². The molecule has 36 heavy (non-hydrogen) atoms. The van der Waals surface area contributed by atoms with Crippen LogP contribution < -0.4 is 5.32 Å². The Morgan fingerprint density at radius 1 is 1.17 bits per heavy atom. The van der Waals surface area contributed by atoms with Crippen molar-refractivity contribution in [2.24, 2.45) is 0 Å². The highest BCUT2D eigenvalue weighted by atomic mass is 32.2. The molecule has 6 rings (SSSR count). The maximum Gasteiger partial charge on any atom is 0.223 e. The van der Waals surface area contributed by atoms with Crippen molar-refractivity contribution in [3.05, 3.63) is 65.6 Å². The van der Waals surface area contributed by atoms with E-state index in [9.17, 15) is 9.35 Å². The first-order valence-corrected chi connectivity index (χ1v) is 14.3. The third kappa shape index (κ3) is 4.57. The number of hydrogen-bond acceptors (Lipinski definition) is 7. The van der Waals surface area contributed by atoms with Crippen LogP contribution >= 0.6 is 11.3 Å². The van der Waals surface area contributed by atoms with Gasteiger partial charge in [-0.3, -0.25) is 14.7 Å². The molecule has 8 nitrogen and oxygen atoms in total. The van der Waals surface area contributed by atoms with E-state index in [0.29, 0.717) is 5.13 Å². The summed E-state index contributed by atoms with van der Waals surface area (Å²) in [6.07, 6.45) is 5.25. The lowest BCUT2D eigenvalue weighted by atomic mass is 9.95. The number of fused-ring (bicyclic) bond motifs is 3. The number of anilines is 1. The minimum absolute atomic E-state index is 0.124. The molecule has 0 radical (unpaired) electrons. The summed E-state index contributed by atoms with van der Waals surface area (Å²) < 4.78 is 13.7. The highest BCUT2D eigenvalue weighted by molar-refractivity contribution is 7.91. The number of pyridine rings is 1. The van der Waals surface area contributed by atoms with Crippen molar-refractivity contribution in [3.8, 4) is 27.5 Å². The molecule has 4 aromatic rings. The quantitative estimate of drug-likeness (QED) is 0.405. The summed E-state index contributed by atoms with van der Waals surface area (Å²) in [7, 11) is 0. The second-order valence-corrected chi connectivity index (χ2v) is 11.8. The SMILES string of the molecule is CC(=O)Nc1nc2c(s1)-c1c(c(-c3cccnc3)nn1-c1ccc(CN3CC[S+]([O-])CC3)cc1)CC2. The molecule has 0 bridgehead atoms. The molecule has 1 saturated heterocycles. The Labute approximate surface area is 216 Å². The molecule has 4 heterocycles. The fraction of sp³-hybridized carbons (Fsp3) is 0.308. The Bertz CT molecular complexity index is 1390. The van der Waals surface area contributed by atoms with Crippen LogP contribution in [0.4, 0.5) is 5.13 Å². The number of nitrogens with zero attached hydrogens (tertiary/aromatic N) is 5. The topological polar surface area (TPSA) is 99.0 Å². The van der Waals surface area contributed by atoms with Gasteiger partial charge in [0.05, 0.1) is 27.6 Å². The predicted molar refractivity (Wildman–Crippen MR) is 143 cm³/mol. The van der Waals surface area contributed by atoms with Gasteiger partial charge in [0.2, 0.25) is 5.91 Å². The molecule has 1 aliphatic carbocycles. The van der Waals surface area contributed by atoms with E-state index in [0.717, 1.165) is 77.2 Å². The van der Waals surface area contributed by atoms with Crippen LogP contribution in [0.15, 0.2) is 48.8 Å². The molecule has 0 unspecified atom stereocenters. The number of carbonyl (C=O) groups excluding carboxylic acids is 1. The Balaban J connectivity index is 1.38. The Morgan fingerprint density at radius 2 is 1.97 bits per heavy atom. The zero-order valence-corrected chi connectivity index (χ0v) is 21.6. The van der Waals surface area contributed by atoms with Gasteiger partial charge >= 0.3 is 0 Å². The molecule has 1 fully saturated rings. The summed E-state index contributed by atoms with van der Waals surface area (Å²) in [4.78, 5) is 24.1. The van der Waals surface area contributed by atoms with Crippen molar-refractivity contribution in [3.63, 3.8) is 0 Å². The molecular formula is C26H26N6O2S2. The first-order valence-electron chi connectivity index (χ1n) is 12.0. The summed E-state index contributed by atoms with van der Waals surface area (Å²) in [6.45, 7) is 4.11. The van der Waals surface area contributed by atoms with Crippen LogP contribution in [0.1, 0.15) is 23.7 Å². The first kappa shape index (κ1) is 23.4. The average Bonchev–Trinajstić information content (AvgIpc) is 3.47. The first-order chi connectivity index (χ1) is 17.5. The van der Waals surface area contributed by atoms with Crippen molar-refractivity contribution >= 4 is 33.6 Å². The molecule has 1 aliphatic heterocycles. The molecule has 2 aliphatic rings. The lowest BCUT2D eigenvalue weighted by Gasteiger charge is -2.28. The zero-order chi connectivity index (χ0) is 24.6. The third-order valence-corrected chi connectivity index (χ3v) is 8.88. The molecule has 0 atom stereocenters. The number of amides is 1. The predicted octanol–water partition coefficient (Wildman–Crippen LogP) is 3.68. The van der Waals surface area contributed by atoms with E-state index in [1.54, 1.807) is 6.20 Å². The molecule has 1 aromatic carbocycles. The third-order valence-electron chi connectivity index (χ3n) is 6.58. The number of aryl methyl sites for hydroxylation is 1. The summed E-state index contributed by atoms with van der Waals surface area (Å²) in [6, 6.07) is 12.5. The van der Waals surface area contributed by atoms with E-state index in [4.69, 9.17) is 10.1 Å². The van der Waals surface area contributed by atoms with Crippen LogP contribution in [-0.2, 0) is 35.4 Å². The molecule has 10 heteroatoms. The molecule has 1 amide bonds. The van der Waals surface area contributed by atoms with Crippen molar-refractivity contribution in [2.75, 3.05) is 29.9 Å². The molecule has 1 N–H and O–H groups in total. The smallest absolute Gasteiger partial charge is 0.223 e. The van der Waals surface area contributed by atoms with Gasteiger partial charge in [-0.05, 0) is 42.7 Å². The fourth-order valence-electron chi connectivity index (χ4n) is 4.83. The van der Waals surface area contributed by atoms with Crippen LogP contribution in [0.3, 0.4) is 0 Å². The average molecular weight is 519 g/mol. The van der Waals surface area contributed by atoms with Gasteiger partial charge in [-0.15, -0.1) is 0 Å². The van der Waals surface area contributed by atoms with Crippen LogP contribution in [0.5, 0.6) is 0 Å². The maximum absolute atomic E-state index is 11.7. The van der Waals surface area contributed by atoms with Gasteiger partial charge in [0.15, 0.2) is 5.13 Å². The summed E-state index contributed by atoms with van der Waals surface area (Å²) >= 11 is 0.832. The van der Waals surface area contributed by atoms with Crippen LogP contribution in [-0.4, -0.2) is 59.7 Å². The van der Waals surface area contributed by atoms with Gasteiger partial charge in [0.25, 0.3) is 0 Å². The second-order valence-electron chi connectivity index (χ2n) is 9.10. The van der Waals surface area contributed by atoms with Crippen molar-refractivity contribution < 1.29 is 9.35 Å². The number of nitrogens with one attached hydrogen (secondary N) is 1. The minimum atomic E-state index is -0.668. The standard InChI is InChI=1S/C26H26N6O2S2/c1-17(33)28-26-29-22-9-8-21-23(19-3-2-10-27-15-19)30-32(24(21)25(22)35-26)20-6-4-18(5-7-20)16-31-11-13-36(34)14-12-31/h2-7,10,15H,8-9,11-14,16H2,1H3,(H,28,29,33). The molecule has 0 spiro atoms. The number of benzene rings is 1. The van der Waals surface area contributed by atoms with Gasteiger partial charge in [0, 0.05) is 50.1 Å². The normalized spacial score (nSPS) is 15.9. The minimum Gasteiger partial charge on any atom is -0.616 e. The van der Waals surface area contributed by atoms with Crippen LogP contribution in [0.25, 0.3) is 27.5 Å². The van der Waals surface area contributed by atoms with E-state index < -0.39 is 11.2 Å². The van der Waals surface area contributed by atoms with E-state index in [1.807, 2.05) is 23.0 Å². The van der Waals surface area contributed by atoms with Crippen LogP contribution in [0, 0.1) is 0 Å². The van der Waals surface area contributed by atoms with E-state index in [-0.39, 0.29) is 5.91 Å². The van der Waals surface area contributed by atoms with Gasteiger partial charge in [-0.2, -0.15) is 5.10 Å². The van der Waals surface area contributed by atoms with E-state index >= 15 is 0 Å². The molecule has 184 valence electrons. The van der Waals surface area contributed by atoms with Gasteiger partial charge in [-0.1, -0.05) is 34.6 Å². The number of thiazole rings is 1. The van der Waals surface area contributed by atoms with Gasteiger partial charge in [0.1, 0.15) is 11.5 Å². The zero-order valence-electron chi connectivity index (χ0n) is 19.9.